The van der Waals surface area contributed by atoms with Gasteiger partial charge in [0.15, 0.2) is 6.19 Å². The molecule has 25 heavy (non-hydrogen) atoms. The topological polar surface area (TPSA) is 77.3 Å². The first-order valence-electron chi connectivity index (χ1n) is 8.26. The number of hydrogen-bond donors (Lipinski definition) is 0. The molecule has 7 heteroatoms. The minimum Gasteiger partial charge on any atom is -0.309 e. The molecule has 2 fully saturated rings. The van der Waals surface area contributed by atoms with Crippen LogP contribution in [0.4, 0.5) is 0 Å². The number of pyridine rings is 1. The summed E-state index contributed by atoms with van der Waals surface area (Å²) in [6.07, 6.45) is 6.41. The number of nitrogens with zero attached hydrogens (tertiary/aromatic N) is 4. The van der Waals surface area contributed by atoms with Gasteiger partial charge in [0.05, 0.1) is 4.90 Å². The third-order valence-electron chi connectivity index (χ3n) is 5.09. The van der Waals surface area contributed by atoms with Crippen LogP contribution >= 0.6 is 0 Å². The van der Waals surface area contributed by atoms with Crippen molar-refractivity contribution in [3.63, 3.8) is 0 Å². The van der Waals surface area contributed by atoms with E-state index in [2.05, 4.69) is 11.2 Å². The highest BCUT2D eigenvalue weighted by molar-refractivity contribution is 7.89. The van der Waals surface area contributed by atoms with E-state index < -0.39 is 10.0 Å². The monoisotopic (exact) mass is 354 g/mol. The Bertz CT molecular complexity index is 906. The zero-order valence-corrected chi connectivity index (χ0v) is 14.4. The second-order valence-electron chi connectivity index (χ2n) is 6.50. The lowest BCUT2D eigenvalue weighted by atomic mass is 10.1. The number of nitriles is 1. The number of hydrogen-bond acceptors (Lipinski definition) is 5. The summed E-state index contributed by atoms with van der Waals surface area (Å²) in [6, 6.07) is 10.6. The largest absolute Gasteiger partial charge is 0.309 e. The van der Waals surface area contributed by atoms with Gasteiger partial charge in [0.2, 0.25) is 10.0 Å². The Morgan fingerprint density at radius 1 is 1.12 bits per heavy atom. The number of fused-ring (bicyclic) bond motifs is 1. The molecule has 0 amide bonds. The fraction of sp³-hybridized carbons (Fsp3) is 0.333. The van der Waals surface area contributed by atoms with Gasteiger partial charge in [-0.15, -0.1) is 0 Å². The lowest BCUT2D eigenvalue weighted by Crippen LogP contribution is -2.39. The summed E-state index contributed by atoms with van der Waals surface area (Å²) in [4.78, 5) is 6.05. The molecule has 128 valence electrons. The quantitative estimate of drug-likeness (QED) is 0.787. The summed E-state index contributed by atoms with van der Waals surface area (Å²) in [7, 11) is -3.54. The third-order valence-corrected chi connectivity index (χ3v) is 7.03. The minimum absolute atomic E-state index is 0.0948. The maximum Gasteiger partial charge on any atom is 0.243 e. The van der Waals surface area contributed by atoms with Crippen LogP contribution in [0.2, 0.25) is 0 Å². The Kier molecular flexibility index (Phi) is 3.94. The molecule has 1 aromatic carbocycles. The van der Waals surface area contributed by atoms with Crippen LogP contribution in [-0.4, -0.2) is 48.3 Å². The Morgan fingerprint density at radius 3 is 2.60 bits per heavy atom. The summed E-state index contributed by atoms with van der Waals surface area (Å²) in [5, 5.41) is 9.07. The summed E-state index contributed by atoms with van der Waals surface area (Å²) in [5.41, 5.74) is 1.89. The lowest BCUT2D eigenvalue weighted by molar-refractivity contribution is 0.360. The van der Waals surface area contributed by atoms with E-state index in [0.717, 1.165) is 17.5 Å². The van der Waals surface area contributed by atoms with Crippen molar-refractivity contribution < 1.29 is 8.42 Å². The van der Waals surface area contributed by atoms with E-state index >= 15 is 0 Å². The van der Waals surface area contributed by atoms with Crippen molar-refractivity contribution in [3.8, 4) is 17.3 Å². The van der Waals surface area contributed by atoms with Crippen LogP contribution in [0.25, 0.3) is 11.1 Å². The van der Waals surface area contributed by atoms with Gasteiger partial charge >= 0.3 is 0 Å². The molecule has 6 nitrogen and oxygen atoms in total. The van der Waals surface area contributed by atoms with Gasteiger partial charge in [-0.05, 0) is 41.7 Å². The zero-order valence-electron chi connectivity index (χ0n) is 13.6. The fourth-order valence-corrected chi connectivity index (χ4v) is 5.48. The Balaban J connectivity index is 1.60. The molecule has 3 heterocycles. The second-order valence-corrected chi connectivity index (χ2v) is 8.39. The molecule has 1 aromatic heterocycles. The molecule has 2 unspecified atom stereocenters. The summed E-state index contributed by atoms with van der Waals surface area (Å²) in [6.45, 7) is 1.68. The van der Waals surface area contributed by atoms with Crippen LogP contribution in [0.15, 0.2) is 53.7 Å². The normalized spacial score (nSPS) is 23.4. The highest BCUT2D eigenvalue weighted by Crippen LogP contribution is 2.35. The molecular weight excluding hydrogens is 336 g/mol. The Labute approximate surface area is 147 Å². The number of benzene rings is 1. The Hall–Kier alpha value is -2.43. The van der Waals surface area contributed by atoms with Gasteiger partial charge in [0.25, 0.3) is 0 Å². The van der Waals surface area contributed by atoms with Crippen molar-refractivity contribution in [2.45, 2.75) is 17.4 Å². The SMILES string of the molecule is N#CN1CC2CCN(S(=O)(=O)c3ccc(-c4cccnc4)cc3)C2C1. The van der Waals surface area contributed by atoms with E-state index in [1.165, 1.54) is 0 Å². The van der Waals surface area contributed by atoms with Crippen LogP contribution in [-0.2, 0) is 10.0 Å². The molecule has 0 radical (unpaired) electrons. The van der Waals surface area contributed by atoms with Crippen molar-refractivity contribution in [1.29, 1.82) is 5.26 Å². The van der Waals surface area contributed by atoms with Crippen molar-refractivity contribution in [1.82, 2.24) is 14.2 Å². The third kappa shape index (κ3) is 2.77. The van der Waals surface area contributed by atoms with Crippen LogP contribution in [0.3, 0.4) is 0 Å². The molecule has 0 aliphatic carbocycles. The van der Waals surface area contributed by atoms with Crippen LogP contribution in [0, 0.1) is 17.4 Å². The molecular formula is C18H18N4O2S. The first-order chi connectivity index (χ1) is 12.1. The smallest absolute Gasteiger partial charge is 0.243 e. The summed E-state index contributed by atoms with van der Waals surface area (Å²) >= 11 is 0. The van der Waals surface area contributed by atoms with Crippen molar-refractivity contribution in [2.75, 3.05) is 19.6 Å². The van der Waals surface area contributed by atoms with E-state index in [4.69, 9.17) is 5.26 Å². The number of aromatic nitrogens is 1. The van der Waals surface area contributed by atoms with Crippen molar-refractivity contribution in [2.24, 2.45) is 5.92 Å². The maximum absolute atomic E-state index is 13.0. The molecule has 0 N–H and O–H groups in total. The van der Waals surface area contributed by atoms with Gasteiger partial charge < -0.3 is 4.90 Å². The predicted octanol–water partition coefficient (Wildman–Crippen LogP) is 1.92. The van der Waals surface area contributed by atoms with Gasteiger partial charge in [-0.25, -0.2) is 8.42 Å². The molecule has 2 aliphatic heterocycles. The molecule has 2 saturated heterocycles. The first kappa shape index (κ1) is 16.1. The number of sulfonamides is 1. The van der Waals surface area contributed by atoms with E-state index in [1.54, 1.807) is 33.7 Å². The van der Waals surface area contributed by atoms with E-state index in [-0.39, 0.29) is 12.0 Å². The highest BCUT2D eigenvalue weighted by atomic mass is 32.2. The average molecular weight is 354 g/mol. The molecule has 0 saturated carbocycles. The molecule has 2 atom stereocenters. The molecule has 4 rings (SSSR count). The number of likely N-dealkylation sites (tertiary alicyclic amines) is 1. The lowest BCUT2D eigenvalue weighted by Gasteiger charge is -2.23. The van der Waals surface area contributed by atoms with Crippen molar-refractivity contribution >= 4 is 10.0 Å². The first-order valence-corrected chi connectivity index (χ1v) is 9.70. The number of rotatable bonds is 3. The van der Waals surface area contributed by atoms with Crippen LogP contribution in [0.1, 0.15) is 6.42 Å². The predicted molar refractivity (Wildman–Crippen MR) is 92.6 cm³/mol. The van der Waals surface area contributed by atoms with Crippen LogP contribution < -0.4 is 0 Å². The minimum atomic E-state index is -3.54. The van der Waals surface area contributed by atoms with Gasteiger partial charge in [0.1, 0.15) is 0 Å². The molecule has 2 aliphatic rings. The summed E-state index contributed by atoms with van der Waals surface area (Å²) in [5.74, 6) is 0.254. The van der Waals surface area contributed by atoms with Crippen molar-refractivity contribution in [3.05, 3.63) is 48.8 Å². The Morgan fingerprint density at radius 2 is 1.92 bits per heavy atom. The van der Waals surface area contributed by atoms with Gasteiger partial charge in [-0.3, -0.25) is 4.98 Å². The van der Waals surface area contributed by atoms with Gasteiger partial charge in [-0.1, -0.05) is 18.2 Å². The molecule has 0 bridgehead atoms. The average Bonchev–Trinajstić information content (AvgIpc) is 3.22. The fourth-order valence-electron chi connectivity index (χ4n) is 3.79. The highest BCUT2D eigenvalue weighted by Gasteiger charge is 2.46. The summed E-state index contributed by atoms with van der Waals surface area (Å²) < 4.78 is 27.6. The van der Waals surface area contributed by atoms with E-state index in [9.17, 15) is 8.42 Å². The standard InChI is InChI=1S/C18H18N4O2S/c19-13-21-11-16-7-9-22(18(16)12-21)25(23,24)17-5-3-14(4-6-17)15-2-1-8-20-10-15/h1-6,8,10,16,18H,7,9,11-12H2. The van der Waals surface area contributed by atoms with Gasteiger partial charge in [-0.2, -0.15) is 9.57 Å². The van der Waals surface area contributed by atoms with Crippen LogP contribution in [0.5, 0.6) is 0 Å². The maximum atomic E-state index is 13.0. The second kappa shape index (κ2) is 6.14. The van der Waals surface area contributed by atoms with E-state index in [0.29, 0.717) is 24.5 Å². The molecule has 0 spiro atoms. The molecule has 2 aromatic rings. The van der Waals surface area contributed by atoms with Gasteiger partial charge in [0, 0.05) is 38.1 Å². The van der Waals surface area contributed by atoms with E-state index in [1.807, 2.05) is 24.3 Å². The zero-order chi connectivity index (χ0) is 17.4.